The highest BCUT2D eigenvalue weighted by atomic mass is 35.5. The van der Waals surface area contributed by atoms with Crippen LogP contribution in [-0.4, -0.2) is 11.7 Å². The molecule has 0 aliphatic heterocycles. The molecule has 3 heteroatoms. The molecule has 17 heavy (non-hydrogen) atoms. The van der Waals surface area contributed by atoms with Crippen LogP contribution in [0.25, 0.3) is 0 Å². The Morgan fingerprint density at radius 2 is 1.82 bits per heavy atom. The smallest absolute Gasteiger partial charge is 0.0449 e. The second-order valence-corrected chi connectivity index (χ2v) is 4.32. The zero-order valence-electron chi connectivity index (χ0n) is 10.6. The van der Waals surface area contributed by atoms with Crippen LogP contribution < -0.4 is 5.73 Å². The summed E-state index contributed by atoms with van der Waals surface area (Å²) in [6.45, 7) is 2.37. The van der Waals surface area contributed by atoms with Crippen LogP contribution in [0.1, 0.15) is 49.8 Å². The van der Waals surface area contributed by atoms with Crippen LogP contribution >= 0.6 is 12.4 Å². The number of halogens is 1. The molecule has 1 aromatic rings. The van der Waals surface area contributed by atoms with Crippen molar-refractivity contribution in [3.63, 3.8) is 0 Å². The second-order valence-electron chi connectivity index (χ2n) is 4.32. The molecule has 0 bridgehead atoms. The summed E-state index contributed by atoms with van der Waals surface area (Å²) in [6.07, 6.45) is 5.61. The first-order valence-electron chi connectivity index (χ1n) is 6.23. The normalized spacial score (nSPS) is 11.9. The van der Waals surface area contributed by atoms with Crippen molar-refractivity contribution in [1.82, 2.24) is 0 Å². The maximum atomic E-state index is 8.82. The van der Waals surface area contributed by atoms with Gasteiger partial charge in [-0.3, -0.25) is 0 Å². The summed E-state index contributed by atoms with van der Waals surface area (Å²) in [5.41, 5.74) is 8.42. The molecule has 0 saturated carbocycles. The third kappa shape index (κ3) is 6.06. The molecule has 0 aliphatic carbocycles. The quantitative estimate of drug-likeness (QED) is 0.737. The highest BCUT2D eigenvalue weighted by Crippen LogP contribution is 2.15. The number of aliphatic hydroxyl groups excluding tert-OH is 1. The molecule has 0 saturated heterocycles. The molecule has 1 atom stereocenters. The molecule has 3 N–H and O–H groups in total. The van der Waals surface area contributed by atoms with E-state index in [1.807, 2.05) is 0 Å². The van der Waals surface area contributed by atoms with Crippen LogP contribution in [0.2, 0.25) is 0 Å². The summed E-state index contributed by atoms with van der Waals surface area (Å²) in [5, 5.41) is 8.82. The molecule has 0 amide bonds. The number of rotatable bonds is 7. The minimum atomic E-state index is -0.0327. The van der Waals surface area contributed by atoms with E-state index in [1.54, 1.807) is 0 Å². The Labute approximate surface area is 111 Å². The number of aryl methyl sites for hydroxylation is 1. The molecule has 0 aromatic heterocycles. The van der Waals surface area contributed by atoms with Crippen LogP contribution in [0.15, 0.2) is 24.3 Å². The van der Waals surface area contributed by atoms with Gasteiger partial charge in [0, 0.05) is 12.6 Å². The number of aliphatic hydroxyl groups is 1. The molecule has 2 nitrogen and oxygen atoms in total. The second kappa shape index (κ2) is 9.46. The van der Waals surface area contributed by atoms with Gasteiger partial charge in [0.2, 0.25) is 0 Å². The third-order valence-electron chi connectivity index (χ3n) is 2.92. The number of nitrogens with two attached hydrogens (primary N) is 1. The fourth-order valence-corrected chi connectivity index (χ4v) is 1.82. The zero-order chi connectivity index (χ0) is 11.8. The van der Waals surface area contributed by atoms with Crippen LogP contribution in [0.3, 0.4) is 0 Å². The van der Waals surface area contributed by atoms with Crippen LogP contribution in [0, 0.1) is 0 Å². The molecule has 1 unspecified atom stereocenters. The van der Waals surface area contributed by atoms with Crippen molar-refractivity contribution in [3.05, 3.63) is 35.4 Å². The van der Waals surface area contributed by atoms with E-state index >= 15 is 0 Å². The zero-order valence-corrected chi connectivity index (χ0v) is 11.4. The lowest BCUT2D eigenvalue weighted by molar-refractivity contribution is 0.276. The van der Waals surface area contributed by atoms with Gasteiger partial charge in [0.25, 0.3) is 0 Å². The van der Waals surface area contributed by atoms with Crippen LogP contribution in [-0.2, 0) is 6.42 Å². The molecule has 1 rings (SSSR count). The Hall–Kier alpha value is -0.570. The lowest BCUT2D eigenvalue weighted by Crippen LogP contribution is -2.11. The molecule has 0 heterocycles. The third-order valence-corrected chi connectivity index (χ3v) is 2.92. The minimum absolute atomic E-state index is 0. The standard InChI is InChI=1S/C14H23NO.ClH/c1-2-3-4-5-12-6-8-13(9-7-12)14(15)10-11-16;/h6-9,14,16H,2-5,10-11,15H2,1H3;1H. The number of hydrogen-bond acceptors (Lipinski definition) is 2. The molecule has 98 valence electrons. The fraction of sp³-hybridized carbons (Fsp3) is 0.571. The van der Waals surface area contributed by atoms with E-state index in [2.05, 4.69) is 31.2 Å². The Morgan fingerprint density at radius 3 is 2.35 bits per heavy atom. The van der Waals surface area contributed by atoms with Crippen molar-refractivity contribution in [1.29, 1.82) is 0 Å². The maximum Gasteiger partial charge on any atom is 0.0449 e. The van der Waals surface area contributed by atoms with Gasteiger partial charge < -0.3 is 10.8 Å². The average molecular weight is 258 g/mol. The van der Waals surface area contributed by atoms with Gasteiger partial charge in [-0.25, -0.2) is 0 Å². The van der Waals surface area contributed by atoms with Crippen LogP contribution in [0.5, 0.6) is 0 Å². The molecule has 0 spiro atoms. The van der Waals surface area contributed by atoms with E-state index in [4.69, 9.17) is 10.8 Å². The van der Waals surface area contributed by atoms with Crippen molar-refractivity contribution in [2.24, 2.45) is 5.73 Å². The van der Waals surface area contributed by atoms with Gasteiger partial charge >= 0.3 is 0 Å². The molecular formula is C14H24ClNO. The lowest BCUT2D eigenvalue weighted by Gasteiger charge is -2.10. The summed E-state index contributed by atoms with van der Waals surface area (Å²) in [4.78, 5) is 0. The van der Waals surface area contributed by atoms with Gasteiger partial charge in [-0.1, -0.05) is 44.0 Å². The number of unbranched alkanes of at least 4 members (excludes halogenated alkanes) is 2. The fourth-order valence-electron chi connectivity index (χ4n) is 1.82. The summed E-state index contributed by atoms with van der Waals surface area (Å²) >= 11 is 0. The molecular weight excluding hydrogens is 234 g/mol. The van der Waals surface area contributed by atoms with Gasteiger partial charge in [-0.05, 0) is 30.4 Å². The molecule has 0 aliphatic rings. The number of benzene rings is 1. The van der Waals surface area contributed by atoms with E-state index in [9.17, 15) is 0 Å². The predicted octanol–water partition coefficient (Wildman–Crippen LogP) is 3.22. The lowest BCUT2D eigenvalue weighted by atomic mass is 10.0. The van der Waals surface area contributed by atoms with E-state index in [-0.39, 0.29) is 25.1 Å². The average Bonchev–Trinajstić information content (AvgIpc) is 2.30. The number of hydrogen-bond donors (Lipinski definition) is 2. The topological polar surface area (TPSA) is 46.2 Å². The Balaban J connectivity index is 0.00000256. The maximum absolute atomic E-state index is 8.82. The summed E-state index contributed by atoms with van der Waals surface area (Å²) in [7, 11) is 0. The van der Waals surface area contributed by atoms with Crippen molar-refractivity contribution >= 4 is 12.4 Å². The summed E-state index contributed by atoms with van der Waals surface area (Å²) < 4.78 is 0. The molecule has 0 radical (unpaired) electrons. The van der Waals surface area contributed by atoms with Crippen LogP contribution in [0.4, 0.5) is 0 Å². The van der Waals surface area contributed by atoms with Gasteiger partial charge in [0.05, 0.1) is 0 Å². The SMILES string of the molecule is CCCCCc1ccc(C(N)CCO)cc1.Cl. The Morgan fingerprint density at radius 1 is 1.18 bits per heavy atom. The van der Waals surface area contributed by atoms with Gasteiger partial charge in [0.15, 0.2) is 0 Å². The highest BCUT2D eigenvalue weighted by molar-refractivity contribution is 5.85. The van der Waals surface area contributed by atoms with Crippen molar-refractivity contribution < 1.29 is 5.11 Å². The first kappa shape index (κ1) is 16.4. The van der Waals surface area contributed by atoms with E-state index in [0.717, 1.165) is 12.0 Å². The Bertz CT molecular complexity index is 287. The van der Waals surface area contributed by atoms with E-state index < -0.39 is 0 Å². The highest BCUT2D eigenvalue weighted by Gasteiger charge is 2.04. The summed E-state index contributed by atoms with van der Waals surface area (Å²) in [6, 6.07) is 8.45. The Kier molecular flexibility index (Phi) is 9.14. The van der Waals surface area contributed by atoms with Gasteiger partial charge in [0.1, 0.15) is 0 Å². The molecule has 0 fully saturated rings. The van der Waals surface area contributed by atoms with Crippen molar-refractivity contribution in [3.8, 4) is 0 Å². The van der Waals surface area contributed by atoms with E-state index in [1.165, 1.54) is 24.8 Å². The summed E-state index contributed by atoms with van der Waals surface area (Å²) in [5.74, 6) is 0. The first-order chi connectivity index (χ1) is 7.77. The monoisotopic (exact) mass is 257 g/mol. The van der Waals surface area contributed by atoms with Gasteiger partial charge in [-0.2, -0.15) is 0 Å². The van der Waals surface area contributed by atoms with Crippen molar-refractivity contribution in [2.45, 2.75) is 45.1 Å². The van der Waals surface area contributed by atoms with Gasteiger partial charge in [-0.15, -0.1) is 12.4 Å². The minimum Gasteiger partial charge on any atom is -0.396 e. The first-order valence-corrected chi connectivity index (χ1v) is 6.23. The predicted molar refractivity (Wildman–Crippen MR) is 75.6 cm³/mol. The van der Waals surface area contributed by atoms with Crippen molar-refractivity contribution in [2.75, 3.05) is 6.61 Å². The largest absolute Gasteiger partial charge is 0.396 e. The van der Waals surface area contributed by atoms with E-state index in [0.29, 0.717) is 6.42 Å². The molecule has 1 aromatic carbocycles.